The van der Waals surface area contributed by atoms with Crippen molar-refractivity contribution in [2.75, 3.05) is 11.9 Å². The number of aryl methyl sites for hydroxylation is 2. The van der Waals surface area contributed by atoms with Gasteiger partial charge in [-0.25, -0.2) is 4.98 Å². The topological polar surface area (TPSA) is 80.0 Å². The van der Waals surface area contributed by atoms with Gasteiger partial charge in [0.05, 0.1) is 12.1 Å². The summed E-state index contributed by atoms with van der Waals surface area (Å²) in [4.78, 5) is 16.7. The minimum absolute atomic E-state index is 0.0709. The Morgan fingerprint density at radius 3 is 2.81 bits per heavy atom. The van der Waals surface area contributed by atoms with E-state index in [2.05, 4.69) is 15.6 Å². The highest BCUT2D eigenvalue weighted by atomic mass is 32.1. The second-order valence-corrected chi connectivity index (χ2v) is 6.08. The number of thiocarbonyl (C=S) groups is 1. The Labute approximate surface area is 130 Å². The molecule has 0 spiro atoms. The molecule has 6 heteroatoms. The summed E-state index contributed by atoms with van der Waals surface area (Å²) in [6, 6.07) is 2.14. The molecule has 1 aliphatic rings. The quantitative estimate of drug-likeness (QED) is 0.719. The Morgan fingerprint density at radius 2 is 2.14 bits per heavy atom. The van der Waals surface area contributed by atoms with E-state index in [1.54, 1.807) is 0 Å². The number of hydrogen-bond acceptors (Lipinski definition) is 4. The third kappa shape index (κ3) is 4.14. The van der Waals surface area contributed by atoms with Crippen LogP contribution < -0.4 is 16.4 Å². The van der Waals surface area contributed by atoms with E-state index in [0.717, 1.165) is 30.5 Å². The summed E-state index contributed by atoms with van der Waals surface area (Å²) in [5.74, 6) is 0.542. The summed E-state index contributed by atoms with van der Waals surface area (Å²) >= 11 is 5.10. The normalized spacial score (nSPS) is 13.7. The molecule has 0 saturated carbocycles. The van der Waals surface area contributed by atoms with E-state index in [9.17, 15) is 4.79 Å². The molecule has 0 radical (unpaired) electrons. The number of nitrogens with two attached hydrogens (primary N) is 1. The second kappa shape index (κ2) is 6.85. The Bertz CT molecular complexity index is 557. The lowest BCUT2D eigenvalue weighted by Gasteiger charge is -2.19. The fourth-order valence-electron chi connectivity index (χ4n) is 2.49. The SMILES string of the molecule is CC(C)NC(=O)CNc1nc2c(cc1C(N)=S)CCCC2. The highest BCUT2D eigenvalue weighted by Gasteiger charge is 2.17. The van der Waals surface area contributed by atoms with Gasteiger partial charge in [0, 0.05) is 11.7 Å². The summed E-state index contributed by atoms with van der Waals surface area (Å²) in [6.45, 7) is 4.02. The molecule has 1 aliphatic carbocycles. The number of anilines is 1. The minimum Gasteiger partial charge on any atom is -0.389 e. The van der Waals surface area contributed by atoms with Crippen molar-refractivity contribution in [1.82, 2.24) is 10.3 Å². The van der Waals surface area contributed by atoms with Crippen molar-refractivity contribution in [2.24, 2.45) is 5.73 Å². The first-order valence-corrected chi connectivity index (χ1v) is 7.74. The molecule has 4 N–H and O–H groups in total. The van der Waals surface area contributed by atoms with Gasteiger partial charge >= 0.3 is 0 Å². The number of hydrogen-bond donors (Lipinski definition) is 3. The van der Waals surface area contributed by atoms with Crippen molar-refractivity contribution in [3.8, 4) is 0 Å². The predicted octanol–water partition coefficient (Wildman–Crippen LogP) is 1.53. The van der Waals surface area contributed by atoms with Crippen LogP contribution in [0, 0.1) is 0 Å². The van der Waals surface area contributed by atoms with Crippen LogP contribution >= 0.6 is 12.2 Å². The zero-order valence-corrected chi connectivity index (χ0v) is 13.3. The predicted molar refractivity (Wildman–Crippen MR) is 88.5 cm³/mol. The molecule has 1 aromatic rings. The van der Waals surface area contributed by atoms with Crippen LogP contribution in [0.5, 0.6) is 0 Å². The molecule has 5 nitrogen and oxygen atoms in total. The number of aromatic nitrogens is 1. The van der Waals surface area contributed by atoms with Crippen LogP contribution in [-0.4, -0.2) is 28.5 Å². The first-order chi connectivity index (χ1) is 9.97. The summed E-state index contributed by atoms with van der Waals surface area (Å²) in [7, 11) is 0. The van der Waals surface area contributed by atoms with Gasteiger partial charge in [-0.3, -0.25) is 4.79 Å². The number of carbonyl (C=O) groups is 1. The van der Waals surface area contributed by atoms with Gasteiger partial charge in [-0.1, -0.05) is 12.2 Å². The van der Waals surface area contributed by atoms with Gasteiger partial charge in [0.25, 0.3) is 0 Å². The molecule has 2 rings (SSSR count). The molecule has 1 aromatic heterocycles. The maximum Gasteiger partial charge on any atom is 0.239 e. The molecular weight excluding hydrogens is 284 g/mol. The minimum atomic E-state index is -0.0709. The highest BCUT2D eigenvalue weighted by Crippen LogP contribution is 2.24. The highest BCUT2D eigenvalue weighted by molar-refractivity contribution is 7.80. The van der Waals surface area contributed by atoms with Gasteiger partial charge in [-0.15, -0.1) is 0 Å². The van der Waals surface area contributed by atoms with E-state index in [1.807, 2.05) is 19.9 Å². The smallest absolute Gasteiger partial charge is 0.239 e. The average molecular weight is 306 g/mol. The molecule has 0 aliphatic heterocycles. The molecule has 0 aromatic carbocycles. The third-order valence-electron chi connectivity index (χ3n) is 3.43. The second-order valence-electron chi connectivity index (χ2n) is 5.64. The maximum atomic E-state index is 11.7. The molecule has 1 heterocycles. The fraction of sp³-hybridized carbons (Fsp3) is 0.533. The standard InChI is InChI=1S/C15H22N4OS/c1-9(2)18-13(20)8-17-15-11(14(16)21)7-10-5-3-4-6-12(10)19-15/h7,9H,3-6,8H2,1-2H3,(H2,16,21)(H,17,19)(H,18,20). The van der Waals surface area contributed by atoms with Crippen molar-refractivity contribution in [2.45, 2.75) is 45.6 Å². The van der Waals surface area contributed by atoms with Gasteiger partial charge in [0.2, 0.25) is 5.91 Å². The maximum absolute atomic E-state index is 11.7. The zero-order valence-electron chi connectivity index (χ0n) is 12.5. The number of pyridine rings is 1. The summed E-state index contributed by atoms with van der Waals surface area (Å²) < 4.78 is 0. The van der Waals surface area contributed by atoms with Crippen LogP contribution in [0.2, 0.25) is 0 Å². The lowest BCUT2D eigenvalue weighted by molar-refractivity contribution is -0.119. The lowest BCUT2D eigenvalue weighted by Crippen LogP contribution is -2.35. The van der Waals surface area contributed by atoms with Gasteiger partial charge < -0.3 is 16.4 Å². The van der Waals surface area contributed by atoms with E-state index in [1.165, 1.54) is 12.0 Å². The van der Waals surface area contributed by atoms with E-state index in [-0.39, 0.29) is 18.5 Å². The van der Waals surface area contributed by atoms with Crippen LogP contribution in [0.15, 0.2) is 6.07 Å². The summed E-state index contributed by atoms with van der Waals surface area (Å²) in [6.07, 6.45) is 4.32. The molecule has 114 valence electrons. The van der Waals surface area contributed by atoms with E-state index >= 15 is 0 Å². The van der Waals surface area contributed by atoms with E-state index in [0.29, 0.717) is 10.8 Å². The largest absolute Gasteiger partial charge is 0.389 e. The Balaban J connectivity index is 2.17. The number of amides is 1. The zero-order chi connectivity index (χ0) is 15.4. The lowest BCUT2D eigenvalue weighted by atomic mass is 9.94. The average Bonchev–Trinajstić information content (AvgIpc) is 2.43. The van der Waals surface area contributed by atoms with Crippen molar-refractivity contribution < 1.29 is 4.79 Å². The van der Waals surface area contributed by atoms with E-state index < -0.39 is 0 Å². The number of nitrogens with one attached hydrogen (secondary N) is 2. The van der Waals surface area contributed by atoms with Crippen LogP contribution in [0.3, 0.4) is 0 Å². The monoisotopic (exact) mass is 306 g/mol. The van der Waals surface area contributed by atoms with Crippen LogP contribution in [0.4, 0.5) is 5.82 Å². The molecule has 0 saturated heterocycles. The van der Waals surface area contributed by atoms with Gasteiger partial charge in [-0.05, 0) is 51.2 Å². The molecule has 0 unspecified atom stereocenters. The third-order valence-corrected chi connectivity index (χ3v) is 3.65. The number of rotatable bonds is 5. The fourth-order valence-corrected chi connectivity index (χ4v) is 2.65. The molecule has 0 fully saturated rings. The summed E-state index contributed by atoms with van der Waals surface area (Å²) in [5, 5.41) is 5.89. The summed E-state index contributed by atoms with van der Waals surface area (Å²) in [5.41, 5.74) is 8.82. The first kappa shape index (κ1) is 15.7. The molecular formula is C15H22N4OS. The van der Waals surface area contributed by atoms with Crippen LogP contribution in [0.1, 0.15) is 43.5 Å². The van der Waals surface area contributed by atoms with E-state index in [4.69, 9.17) is 18.0 Å². The van der Waals surface area contributed by atoms with Gasteiger partial charge in [-0.2, -0.15) is 0 Å². The number of carbonyl (C=O) groups excluding carboxylic acids is 1. The number of nitrogens with zero attached hydrogens (tertiary/aromatic N) is 1. The van der Waals surface area contributed by atoms with Gasteiger partial charge in [0.15, 0.2) is 0 Å². The number of fused-ring (bicyclic) bond motifs is 1. The first-order valence-electron chi connectivity index (χ1n) is 7.33. The molecule has 0 atom stereocenters. The van der Waals surface area contributed by atoms with Crippen LogP contribution in [-0.2, 0) is 17.6 Å². The Hall–Kier alpha value is -1.69. The van der Waals surface area contributed by atoms with Crippen molar-refractivity contribution in [3.63, 3.8) is 0 Å². The van der Waals surface area contributed by atoms with Crippen molar-refractivity contribution in [3.05, 3.63) is 22.9 Å². The molecule has 1 amide bonds. The van der Waals surface area contributed by atoms with Crippen LogP contribution in [0.25, 0.3) is 0 Å². The molecule has 21 heavy (non-hydrogen) atoms. The molecule has 0 bridgehead atoms. The Kier molecular flexibility index (Phi) is 5.12. The van der Waals surface area contributed by atoms with Crippen molar-refractivity contribution in [1.29, 1.82) is 0 Å². The van der Waals surface area contributed by atoms with Crippen molar-refractivity contribution >= 4 is 28.9 Å². The Morgan fingerprint density at radius 1 is 1.43 bits per heavy atom. The van der Waals surface area contributed by atoms with Gasteiger partial charge in [0.1, 0.15) is 10.8 Å².